The molecule has 5 aliphatic rings. The van der Waals surface area contributed by atoms with Crippen molar-refractivity contribution in [2.45, 2.75) is 0 Å². The molecule has 5 rings (SSSR count). The van der Waals surface area contributed by atoms with Crippen LogP contribution in [-0.2, 0) is 0 Å². The van der Waals surface area contributed by atoms with Crippen molar-refractivity contribution in [1.29, 1.82) is 0 Å². The van der Waals surface area contributed by atoms with Crippen molar-refractivity contribution < 1.29 is 0 Å². The van der Waals surface area contributed by atoms with Crippen molar-refractivity contribution in [2.24, 2.45) is 39.9 Å². The first-order valence-corrected chi connectivity index (χ1v) is 7.22. The maximum atomic E-state index is 4.37. The fraction of sp³-hybridized carbons (Fsp3) is 0. The van der Waals surface area contributed by atoms with Gasteiger partial charge in [0.05, 0.1) is 0 Å². The van der Waals surface area contributed by atoms with Crippen LogP contribution in [0.25, 0.3) is 0 Å². The predicted molar refractivity (Wildman–Crippen MR) is 106 cm³/mol. The molecule has 0 aromatic carbocycles. The van der Waals surface area contributed by atoms with E-state index in [0.717, 1.165) is 0 Å². The van der Waals surface area contributed by atoms with E-state index in [-0.39, 0.29) is 19.8 Å². The average Bonchev–Trinajstić information content (AvgIpc) is 3.32. The van der Waals surface area contributed by atoms with Gasteiger partial charge in [0, 0.05) is 0 Å². The molecule has 0 aromatic heterocycles. The summed E-state index contributed by atoms with van der Waals surface area (Å²) < 4.78 is 0. The quantitative estimate of drug-likeness (QED) is 0.536. The normalized spacial score (nSPS) is 21.8. The maximum absolute atomic E-state index is 4.37. The summed E-state index contributed by atoms with van der Waals surface area (Å²) in [6.45, 7) is 0. The van der Waals surface area contributed by atoms with Gasteiger partial charge in [0.25, 0.3) is 0 Å². The molecule has 0 amide bonds. The first-order valence-electron chi connectivity index (χ1n) is 7.22. The number of rotatable bonds is 0. The molecule has 0 saturated heterocycles. The second kappa shape index (κ2) is 6.11. The first kappa shape index (κ1) is 15.5. The van der Waals surface area contributed by atoms with Gasteiger partial charge in [-0.05, 0) is 48.6 Å². The van der Waals surface area contributed by atoms with Gasteiger partial charge in [-0.2, -0.15) is 0 Å². The van der Waals surface area contributed by atoms with E-state index in [4.69, 9.17) is 0 Å². The Morgan fingerprint density at radius 2 is 0.400 bits per heavy atom. The first-order chi connectivity index (χ1) is 11.8. The summed E-state index contributed by atoms with van der Waals surface area (Å²) in [5.41, 5.74) is 0. The zero-order valence-corrected chi connectivity index (χ0v) is 12.2. The summed E-state index contributed by atoms with van der Waals surface area (Å²) in [6.07, 6.45) is 14.2. The van der Waals surface area contributed by atoms with E-state index >= 15 is 0 Å². The Kier molecular flexibility index (Phi) is 3.78. The van der Waals surface area contributed by atoms with Crippen LogP contribution in [0.2, 0.25) is 0 Å². The molecule has 0 N–H and O–H groups in total. The molecule has 0 saturated carbocycles. The van der Waals surface area contributed by atoms with Crippen molar-refractivity contribution in [3.8, 4) is 0 Å². The van der Waals surface area contributed by atoms with E-state index in [0.29, 0.717) is 46.7 Å². The van der Waals surface area contributed by atoms with E-state index in [2.05, 4.69) is 39.9 Å². The fourth-order valence-corrected chi connectivity index (χ4v) is 2.33. The van der Waals surface area contributed by atoms with E-state index in [9.17, 15) is 0 Å². The van der Waals surface area contributed by atoms with Gasteiger partial charge >= 0.3 is 19.8 Å². The summed E-state index contributed by atoms with van der Waals surface area (Å²) in [4.78, 5) is 34.8. The number of nitrogens with zero attached hydrogens (tertiary/aromatic N) is 8. The van der Waals surface area contributed by atoms with Crippen LogP contribution in [0.15, 0.2) is 88.5 Å². The van der Waals surface area contributed by atoms with Gasteiger partial charge in [-0.1, -0.05) is 0 Å². The summed E-state index contributed by atoms with van der Waals surface area (Å²) >= 11 is 0. The average molecular weight is 385 g/mol. The number of hydrogen-bond acceptors (Lipinski definition) is 8. The zero-order valence-electron chi connectivity index (χ0n) is 12.2. The summed E-state index contributed by atoms with van der Waals surface area (Å²) in [7, 11) is 0. The Hall–Kier alpha value is -3.04. The van der Waals surface area contributed by atoms with Crippen LogP contribution in [0, 0.1) is 0 Å². The Bertz CT molecular complexity index is 854. The van der Waals surface area contributed by atoms with Gasteiger partial charge in [0.2, 0.25) is 0 Å². The number of aliphatic imine (C=N–C) groups is 8. The Labute approximate surface area is 155 Å². The third-order valence-electron chi connectivity index (χ3n) is 3.36. The molecule has 25 heavy (non-hydrogen) atoms. The number of hydrogen-bond donors (Lipinski definition) is 0. The van der Waals surface area contributed by atoms with Crippen LogP contribution in [-0.4, -0.2) is 66.5 Å². The number of fused-ring (bicyclic) bond motifs is 4. The second-order valence-electron chi connectivity index (χ2n) is 5.09. The molecule has 5 heterocycles. The van der Waals surface area contributed by atoms with Crippen LogP contribution >= 0.6 is 0 Å². The van der Waals surface area contributed by atoms with Crippen LogP contribution in [0.3, 0.4) is 0 Å². The van der Waals surface area contributed by atoms with Crippen molar-refractivity contribution in [3.05, 3.63) is 48.6 Å². The molecule has 8 bridgehead atoms. The van der Waals surface area contributed by atoms with Gasteiger partial charge in [-0.3, -0.25) is 0 Å². The fourth-order valence-electron chi connectivity index (χ4n) is 2.33. The molecular weight excluding hydrogens is 374 g/mol. The molecule has 0 aromatic rings. The zero-order chi connectivity index (χ0) is 15.9. The van der Waals surface area contributed by atoms with Crippen molar-refractivity contribution in [1.82, 2.24) is 0 Å². The van der Waals surface area contributed by atoms with Crippen molar-refractivity contribution in [2.75, 3.05) is 0 Å². The number of amidine groups is 8. The monoisotopic (exact) mass is 384 g/mol. The van der Waals surface area contributed by atoms with Crippen LogP contribution in [0.5, 0.6) is 0 Å². The Balaban J connectivity index is 0.00000157. The van der Waals surface area contributed by atoms with Gasteiger partial charge < -0.3 is 0 Å². The Morgan fingerprint density at radius 1 is 0.280 bits per heavy atom. The molecule has 8 nitrogen and oxygen atoms in total. The Morgan fingerprint density at radius 3 is 0.520 bits per heavy atom. The molecule has 0 spiro atoms. The molecule has 0 unspecified atom stereocenters. The molecule has 0 fully saturated rings. The van der Waals surface area contributed by atoms with Gasteiger partial charge in [0.15, 0.2) is 46.7 Å². The summed E-state index contributed by atoms with van der Waals surface area (Å²) in [5, 5.41) is 0. The summed E-state index contributed by atoms with van der Waals surface area (Å²) in [6, 6.07) is 0. The SMILES string of the molecule is C1=CC2=NC3=NC(=NC4=NC(=NC5=NC(=NC1=N2)C=C5)C=C4)C=C3.[GaH3]. The molecule has 9 heteroatoms. The van der Waals surface area contributed by atoms with Crippen molar-refractivity contribution in [3.63, 3.8) is 0 Å². The molecule has 0 radical (unpaired) electrons. The molecular formula is C16H11GaN8. The molecule has 0 aliphatic carbocycles. The topological polar surface area (TPSA) is 98.9 Å². The molecule has 118 valence electrons. The second-order valence-corrected chi connectivity index (χ2v) is 5.09. The van der Waals surface area contributed by atoms with Crippen LogP contribution in [0.4, 0.5) is 0 Å². The van der Waals surface area contributed by atoms with E-state index < -0.39 is 0 Å². The minimum atomic E-state index is 0. The van der Waals surface area contributed by atoms with E-state index in [1.165, 1.54) is 0 Å². The third kappa shape index (κ3) is 3.14. The summed E-state index contributed by atoms with van der Waals surface area (Å²) in [5.74, 6) is 4.30. The van der Waals surface area contributed by atoms with Gasteiger partial charge in [-0.25, -0.2) is 39.9 Å². The minimum absolute atomic E-state index is 0. The van der Waals surface area contributed by atoms with Gasteiger partial charge in [0.1, 0.15) is 0 Å². The van der Waals surface area contributed by atoms with Crippen LogP contribution < -0.4 is 0 Å². The molecule has 0 atom stereocenters. The van der Waals surface area contributed by atoms with E-state index in [1.54, 1.807) is 48.6 Å². The molecule has 5 aliphatic heterocycles. The predicted octanol–water partition coefficient (Wildman–Crippen LogP) is 0.283. The van der Waals surface area contributed by atoms with Gasteiger partial charge in [-0.15, -0.1) is 0 Å². The van der Waals surface area contributed by atoms with Crippen molar-refractivity contribution >= 4 is 66.5 Å². The van der Waals surface area contributed by atoms with Crippen LogP contribution in [0.1, 0.15) is 0 Å². The third-order valence-corrected chi connectivity index (χ3v) is 3.36. The standard InChI is InChI=1S/C16H8N8.Ga.3H/c1-2-10-17-9(1)21-11-3-4-13(18-11)23-15-7-8-16(20-15)24-14-6-5-12(19-14)22-10;;;;/h1-8H;;;;. The van der Waals surface area contributed by atoms with E-state index in [1.807, 2.05) is 0 Å².